The van der Waals surface area contributed by atoms with E-state index in [0.29, 0.717) is 17.1 Å². The van der Waals surface area contributed by atoms with Crippen molar-refractivity contribution in [2.45, 2.75) is 26.2 Å². The number of thiazole rings is 1. The van der Waals surface area contributed by atoms with Gasteiger partial charge in [-0.25, -0.2) is 13.8 Å². The van der Waals surface area contributed by atoms with E-state index in [4.69, 9.17) is 5.73 Å². The Kier molecular flexibility index (Phi) is 3.61. The molecule has 2 N–H and O–H groups in total. The van der Waals surface area contributed by atoms with Crippen LogP contribution in [0.3, 0.4) is 0 Å². The number of nitrogen functional groups attached to an aromatic ring is 1. The zero-order valence-corrected chi connectivity index (χ0v) is 11.0. The largest absolute Gasteiger partial charge is 0.375 e. The van der Waals surface area contributed by atoms with Crippen LogP contribution < -0.4 is 5.73 Å². The highest BCUT2D eigenvalue weighted by molar-refractivity contribution is 7.15. The average Bonchev–Trinajstić information content (AvgIpc) is 2.57. The molecule has 18 heavy (non-hydrogen) atoms. The van der Waals surface area contributed by atoms with Crippen LogP contribution in [0.2, 0.25) is 0 Å². The molecule has 0 aliphatic heterocycles. The third-order valence-corrected chi connectivity index (χ3v) is 3.48. The first-order valence-corrected chi connectivity index (χ1v) is 6.47. The van der Waals surface area contributed by atoms with Gasteiger partial charge in [0.1, 0.15) is 11.6 Å². The minimum absolute atomic E-state index is 0.243. The van der Waals surface area contributed by atoms with E-state index in [-0.39, 0.29) is 5.92 Å². The predicted molar refractivity (Wildman–Crippen MR) is 69.8 cm³/mol. The van der Waals surface area contributed by atoms with Crippen LogP contribution in [0.15, 0.2) is 18.2 Å². The highest BCUT2D eigenvalue weighted by atomic mass is 32.1. The number of hydrogen-bond acceptors (Lipinski definition) is 3. The fraction of sp³-hybridized carbons (Fsp3) is 0.308. The first-order valence-electron chi connectivity index (χ1n) is 5.65. The lowest BCUT2D eigenvalue weighted by Gasteiger charge is -2.05. The maximum absolute atomic E-state index is 13.1. The number of anilines is 1. The molecule has 5 heteroatoms. The van der Waals surface area contributed by atoms with Crippen LogP contribution in [-0.4, -0.2) is 4.98 Å². The molecule has 1 aromatic carbocycles. The Morgan fingerprint density at radius 2 is 1.83 bits per heavy atom. The van der Waals surface area contributed by atoms with E-state index in [1.165, 1.54) is 23.5 Å². The van der Waals surface area contributed by atoms with Crippen molar-refractivity contribution in [2.75, 3.05) is 5.73 Å². The van der Waals surface area contributed by atoms with E-state index < -0.39 is 11.6 Å². The lowest BCUT2D eigenvalue weighted by Crippen LogP contribution is -1.96. The van der Waals surface area contributed by atoms with Crippen molar-refractivity contribution in [1.82, 2.24) is 4.98 Å². The normalized spacial score (nSPS) is 11.2. The number of nitrogens with zero attached hydrogens (tertiary/aromatic N) is 1. The molecule has 0 saturated carbocycles. The van der Waals surface area contributed by atoms with Crippen LogP contribution in [0.4, 0.5) is 13.9 Å². The molecular weight excluding hydrogens is 254 g/mol. The number of nitrogens with two attached hydrogens (primary N) is 1. The van der Waals surface area contributed by atoms with Gasteiger partial charge in [0, 0.05) is 17.4 Å². The molecule has 1 aromatic heterocycles. The molecule has 0 aliphatic carbocycles. The molecule has 0 amide bonds. The number of benzene rings is 1. The third kappa shape index (κ3) is 2.85. The highest BCUT2D eigenvalue weighted by Gasteiger charge is 2.14. The van der Waals surface area contributed by atoms with Crippen LogP contribution in [0.25, 0.3) is 0 Å². The van der Waals surface area contributed by atoms with Gasteiger partial charge in [-0.05, 0) is 23.6 Å². The van der Waals surface area contributed by atoms with E-state index in [1.54, 1.807) is 0 Å². The second-order valence-electron chi connectivity index (χ2n) is 4.47. The van der Waals surface area contributed by atoms with Gasteiger partial charge < -0.3 is 5.73 Å². The summed E-state index contributed by atoms with van der Waals surface area (Å²) in [6.07, 6.45) is 0.455. The Morgan fingerprint density at radius 1 is 1.22 bits per heavy atom. The maximum atomic E-state index is 13.1. The fourth-order valence-electron chi connectivity index (χ4n) is 1.86. The summed E-state index contributed by atoms with van der Waals surface area (Å²) < 4.78 is 26.2. The summed E-state index contributed by atoms with van der Waals surface area (Å²) >= 11 is 1.37. The summed E-state index contributed by atoms with van der Waals surface area (Å²) in [4.78, 5) is 5.23. The van der Waals surface area contributed by atoms with Crippen molar-refractivity contribution in [2.24, 2.45) is 0 Å². The van der Waals surface area contributed by atoms with Gasteiger partial charge in [0.2, 0.25) is 0 Å². The zero-order chi connectivity index (χ0) is 13.3. The predicted octanol–water partition coefficient (Wildman–Crippen LogP) is 3.72. The fourth-order valence-corrected chi connectivity index (χ4v) is 2.88. The lowest BCUT2D eigenvalue weighted by molar-refractivity contribution is 0.580. The van der Waals surface area contributed by atoms with Crippen molar-refractivity contribution in [3.63, 3.8) is 0 Å². The van der Waals surface area contributed by atoms with E-state index in [1.807, 2.05) is 13.8 Å². The van der Waals surface area contributed by atoms with E-state index >= 15 is 0 Å². The number of hydrogen-bond donors (Lipinski definition) is 1. The Balaban J connectivity index is 2.33. The first kappa shape index (κ1) is 13.0. The average molecular weight is 268 g/mol. The van der Waals surface area contributed by atoms with E-state index in [0.717, 1.165) is 16.6 Å². The van der Waals surface area contributed by atoms with Gasteiger partial charge in [-0.15, -0.1) is 11.3 Å². The summed E-state index contributed by atoms with van der Waals surface area (Å²) in [6, 6.07) is 3.54. The van der Waals surface area contributed by atoms with Crippen molar-refractivity contribution < 1.29 is 8.78 Å². The number of rotatable bonds is 3. The quantitative estimate of drug-likeness (QED) is 0.921. The van der Waals surface area contributed by atoms with Crippen molar-refractivity contribution in [3.8, 4) is 0 Å². The van der Waals surface area contributed by atoms with Gasteiger partial charge in [-0.1, -0.05) is 13.8 Å². The minimum atomic E-state index is -0.561. The molecule has 0 saturated heterocycles. The first-order chi connectivity index (χ1) is 8.45. The van der Waals surface area contributed by atoms with Crippen LogP contribution in [0, 0.1) is 11.6 Å². The summed E-state index contributed by atoms with van der Waals surface area (Å²) in [5, 5.41) is 0.491. The smallest absolute Gasteiger partial charge is 0.180 e. The minimum Gasteiger partial charge on any atom is -0.375 e. The van der Waals surface area contributed by atoms with Gasteiger partial charge in [0.05, 0.1) is 5.69 Å². The molecule has 0 spiro atoms. The molecular formula is C13H14F2N2S. The SMILES string of the molecule is CC(C)c1nc(N)sc1Cc1cc(F)cc(F)c1. The van der Waals surface area contributed by atoms with E-state index in [9.17, 15) is 8.78 Å². The monoisotopic (exact) mass is 268 g/mol. The van der Waals surface area contributed by atoms with Crippen molar-refractivity contribution in [3.05, 3.63) is 46.0 Å². The second kappa shape index (κ2) is 5.02. The summed E-state index contributed by atoms with van der Waals surface area (Å²) in [7, 11) is 0. The second-order valence-corrected chi connectivity index (χ2v) is 5.58. The zero-order valence-electron chi connectivity index (χ0n) is 10.2. The summed E-state index contributed by atoms with van der Waals surface area (Å²) in [5.41, 5.74) is 7.19. The molecule has 0 aliphatic rings. The topological polar surface area (TPSA) is 38.9 Å². The van der Waals surface area contributed by atoms with Crippen molar-refractivity contribution >= 4 is 16.5 Å². The van der Waals surface area contributed by atoms with Gasteiger partial charge in [0.15, 0.2) is 5.13 Å². The Morgan fingerprint density at radius 3 is 2.39 bits per heavy atom. The molecule has 0 atom stereocenters. The number of aromatic nitrogens is 1. The van der Waals surface area contributed by atoms with Crippen LogP contribution >= 0.6 is 11.3 Å². The molecule has 0 fully saturated rings. The standard InChI is InChI=1S/C13H14F2N2S/c1-7(2)12-11(18-13(16)17-12)5-8-3-9(14)6-10(15)4-8/h3-4,6-7H,5H2,1-2H3,(H2,16,17). The lowest BCUT2D eigenvalue weighted by atomic mass is 10.0. The molecule has 0 bridgehead atoms. The maximum Gasteiger partial charge on any atom is 0.180 e. The summed E-state index contributed by atoms with van der Waals surface area (Å²) in [5.74, 6) is -0.880. The van der Waals surface area contributed by atoms with Gasteiger partial charge in [-0.2, -0.15) is 0 Å². The molecule has 2 aromatic rings. The molecule has 0 unspecified atom stereocenters. The molecule has 96 valence electrons. The highest BCUT2D eigenvalue weighted by Crippen LogP contribution is 2.29. The molecule has 0 radical (unpaired) electrons. The Labute approximate surface area is 108 Å². The Hall–Kier alpha value is -1.49. The van der Waals surface area contributed by atoms with E-state index in [2.05, 4.69) is 4.98 Å². The van der Waals surface area contributed by atoms with Crippen LogP contribution in [0.1, 0.15) is 35.9 Å². The number of halogens is 2. The molecule has 2 rings (SSSR count). The van der Waals surface area contributed by atoms with Crippen LogP contribution in [0.5, 0.6) is 0 Å². The third-order valence-electron chi connectivity index (χ3n) is 2.58. The van der Waals surface area contributed by atoms with Crippen LogP contribution in [-0.2, 0) is 6.42 Å². The Bertz CT molecular complexity index is 544. The van der Waals surface area contributed by atoms with Crippen molar-refractivity contribution in [1.29, 1.82) is 0 Å². The van der Waals surface area contributed by atoms with Gasteiger partial charge in [-0.3, -0.25) is 0 Å². The van der Waals surface area contributed by atoms with Gasteiger partial charge >= 0.3 is 0 Å². The van der Waals surface area contributed by atoms with Gasteiger partial charge in [0.25, 0.3) is 0 Å². The summed E-state index contributed by atoms with van der Waals surface area (Å²) in [6.45, 7) is 4.04. The molecule has 2 nitrogen and oxygen atoms in total. The molecule has 1 heterocycles.